The minimum absolute atomic E-state index is 0.556. The van der Waals surface area contributed by atoms with Gasteiger partial charge in [-0.1, -0.05) is 0 Å². The maximum absolute atomic E-state index is 4.09. The van der Waals surface area contributed by atoms with Gasteiger partial charge in [0, 0.05) is 19.6 Å². The quantitative estimate of drug-likeness (QED) is 0.414. The molecular formula is C7H16N2. The van der Waals surface area contributed by atoms with Crippen molar-refractivity contribution >= 4 is 6.34 Å². The molecule has 0 atom stereocenters. The molecule has 2 heteroatoms. The molecule has 0 fully saturated rings. The average Bonchev–Trinajstić information content (AvgIpc) is 1.82. The highest BCUT2D eigenvalue weighted by atomic mass is 15.1. The van der Waals surface area contributed by atoms with Gasteiger partial charge in [0.15, 0.2) is 0 Å². The maximum atomic E-state index is 4.09. The van der Waals surface area contributed by atoms with Gasteiger partial charge in [-0.05, 0) is 20.8 Å². The van der Waals surface area contributed by atoms with E-state index >= 15 is 0 Å². The normalized spacial score (nSPS) is 11.2. The predicted molar refractivity (Wildman–Crippen MR) is 41.9 cm³/mol. The van der Waals surface area contributed by atoms with Crippen LogP contribution in [0.4, 0.5) is 0 Å². The Kier molecular flexibility index (Phi) is 4.10. The summed E-state index contributed by atoms with van der Waals surface area (Å²) in [4.78, 5) is 6.18. The third-order valence-corrected chi connectivity index (χ3v) is 1.26. The summed E-state index contributed by atoms with van der Waals surface area (Å²) in [6.45, 7) is 7.19. The van der Waals surface area contributed by atoms with Crippen molar-refractivity contribution in [2.24, 2.45) is 4.99 Å². The Bertz CT molecular complexity index is 86.9. The molecule has 0 rings (SSSR count). The van der Waals surface area contributed by atoms with Gasteiger partial charge in [-0.2, -0.15) is 0 Å². The monoisotopic (exact) mass is 128 g/mol. The second-order valence-electron chi connectivity index (χ2n) is 2.37. The second-order valence-corrected chi connectivity index (χ2v) is 2.37. The van der Waals surface area contributed by atoms with Crippen LogP contribution in [0, 0.1) is 0 Å². The Labute approximate surface area is 57.6 Å². The Hall–Kier alpha value is -0.530. The zero-order valence-electron chi connectivity index (χ0n) is 6.76. The number of nitrogens with zero attached hydrogens (tertiary/aromatic N) is 2. The van der Waals surface area contributed by atoms with E-state index in [1.54, 1.807) is 0 Å². The van der Waals surface area contributed by atoms with E-state index in [1.807, 2.05) is 20.3 Å². The van der Waals surface area contributed by atoms with Crippen LogP contribution >= 0.6 is 0 Å². The summed E-state index contributed by atoms with van der Waals surface area (Å²) in [5.74, 6) is 0. The standard InChI is InChI=1S/C7H16N2/c1-5-8-6-9(4)7(2)3/h6-7H,5H2,1-4H3/b8-6-. The van der Waals surface area contributed by atoms with Crippen molar-refractivity contribution in [2.45, 2.75) is 26.8 Å². The molecule has 54 valence electrons. The van der Waals surface area contributed by atoms with Gasteiger partial charge >= 0.3 is 0 Å². The van der Waals surface area contributed by atoms with Crippen LogP contribution in [0.1, 0.15) is 20.8 Å². The fourth-order valence-electron chi connectivity index (χ4n) is 0.344. The van der Waals surface area contributed by atoms with Crippen LogP contribution in [-0.4, -0.2) is 30.9 Å². The van der Waals surface area contributed by atoms with Crippen molar-refractivity contribution < 1.29 is 0 Å². The Morgan fingerprint density at radius 1 is 1.56 bits per heavy atom. The fourth-order valence-corrected chi connectivity index (χ4v) is 0.344. The molecule has 0 aliphatic heterocycles. The van der Waals surface area contributed by atoms with Crippen LogP contribution in [0.2, 0.25) is 0 Å². The van der Waals surface area contributed by atoms with E-state index in [4.69, 9.17) is 0 Å². The highest BCUT2D eigenvalue weighted by Crippen LogP contribution is 1.87. The molecule has 0 heterocycles. The molecule has 0 saturated heterocycles. The Morgan fingerprint density at radius 2 is 2.11 bits per heavy atom. The molecular weight excluding hydrogens is 112 g/mol. The van der Waals surface area contributed by atoms with Crippen LogP contribution in [0.15, 0.2) is 4.99 Å². The van der Waals surface area contributed by atoms with Gasteiger partial charge in [0.25, 0.3) is 0 Å². The summed E-state index contributed by atoms with van der Waals surface area (Å²) < 4.78 is 0. The number of hydrogen-bond acceptors (Lipinski definition) is 1. The van der Waals surface area contributed by atoms with Gasteiger partial charge in [0.05, 0.1) is 6.34 Å². The lowest BCUT2D eigenvalue weighted by molar-refractivity contribution is 0.428. The predicted octanol–water partition coefficient (Wildman–Crippen LogP) is 1.37. The SMILES string of the molecule is CC/N=C\N(C)C(C)C. The summed E-state index contributed by atoms with van der Waals surface area (Å²) in [6.07, 6.45) is 1.88. The summed E-state index contributed by atoms with van der Waals surface area (Å²) in [5.41, 5.74) is 0. The molecule has 0 saturated carbocycles. The maximum Gasteiger partial charge on any atom is 0.0849 e. The Balaban J connectivity index is 3.48. The largest absolute Gasteiger partial charge is 0.364 e. The zero-order valence-corrected chi connectivity index (χ0v) is 6.76. The van der Waals surface area contributed by atoms with E-state index in [1.165, 1.54) is 0 Å². The third-order valence-electron chi connectivity index (χ3n) is 1.26. The lowest BCUT2D eigenvalue weighted by atomic mass is 10.4. The van der Waals surface area contributed by atoms with Crippen molar-refractivity contribution in [1.29, 1.82) is 0 Å². The van der Waals surface area contributed by atoms with Crippen molar-refractivity contribution in [3.8, 4) is 0 Å². The molecule has 0 bridgehead atoms. The van der Waals surface area contributed by atoms with Crippen molar-refractivity contribution in [3.05, 3.63) is 0 Å². The van der Waals surface area contributed by atoms with Crippen LogP contribution in [0.25, 0.3) is 0 Å². The topological polar surface area (TPSA) is 15.6 Å². The minimum Gasteiger partial charge on any atom is -0.364 e. The smallest absolute Gasteiger partial charge is 0.0849 e. The highest BCUT2D eigenvalue weighted by molar-refractivity contribution is 5.54. The molecule has 0 aliphatic rings. The molecule has 2 nitrogen and oxygen atoms in total. The first-order valence-electron chi connectivity index (χ1n) is 3.40. The molecule has 0 radical (unpaired) electrons. The molecule has 0 aliphatic carbocycles. The van der Waals surface area contributed by atoms with Crippen LogP contribution < -0.4 is 0 Å². The van der Waals surface area contributed by atoms with Crippen LogP contribution in [-0.2, 0) is 0 Å². The zero-order chi connectivity index (χ0) is 7.28. The molecule has 0 aromatic rings. The van der Waals surface area contributed by atoms with Gasteiger partial charge in [-0.15, -0.1) is 0 Å². The first-order valence-corrected chi connectivity index (χ1v) is 3.40. The molecule has 0 amide bonds. The van der Waals surface area contributed by atoms with E-state index in [-0.39, 0.29) is 0 Å². The number of hydrogen-bond donors (Lipinski definition) is 0. The van der Waals surface area contributed by atoms with Gasteiger partial charge < -0.3 is 4.90 Å². The van der Waals surface area contributed by atoms with Gasteiger partial charge in [-0.3, -0.25) is 4.99 Å². The van der Waals surface area contributed by atoms with Crippen molar-refractivity contribution in [3.63, 3.8) is 0 Å². The van der Waals surface area contributed by atoms with Gasteiger partial charge in [0.2, 0.25) is 0 Å². The molecule has 0 unspecified atom stereocenters. The van der Waals surface area contributed by atoms with E-state index in [9.17, 15) is 0 Å². The lowest BCUT2D eigenvalue weighted by Crippen LogP contribution is -2.24. The van der Waals surface area contributed by atoms with E-state index in [0.29, 0.717) is 6.04 Å². The molecule has 9 heavy (non-hydrogen) atoms. The Morgan fingerprint density at radius 3 is 2.44 bits per heavy atom. The first-order chi connectivity index (χ1) is 4.18. The molecule has 0 aromatic carbocycles. The molecule has 0 N–H and O–H groups in total. The number of aliphatic imine (C=N–C) groups is 1. The molecule has 0 spiro atoms. The average molecular weight is 128 g/mol. The summed E-state index contributed by atoms with van der Waals surface area (Å²) in [6, 6.07) is 0.556. The van der Waals surface area contributed by atoms with Gasteiger partial charge in [0.1, 0.15) is 0 Å². The van der Waals surface area contributed by atoms with Crippen molar-refractivity contribution in [1.82, 2.24) is 4.90 Å². The summed E-state index contributed by atoms with van der Waals surface area (Å²) >= 11 is 0. The van der Waals surface area contributed by atoms with Crippen LogP contribution in [0.5, 0.6) is 0 Å². The third kappa shape index (κ3) is 4.01. The van der Waals surface area contributed by atoms with E-state index in [2.05, 4.69) is 23.7 Å². The molecule has 0 aromatic heterocycles. The highest BCUT2D eigenvalue weighted by Gasteiger charge is 1.94. The minimum atomic E-state index is 0.556. The second kappa shape index (κ2) is 4.36. The van der Waals surface area contributed by atoms with Gasteiger partial charge in [-0.25, -0.2) is 0 Å². The van der Waals surface area contributed by atoms with Crippen LogP contribution in [0.3, 0.4) is 0 Å². The first kappa shape index (κ1) is 8.47. The lowest BCUT2D eigenvalue weighted by Gasteiger charge is -2.16. The number of rotatable bonds is 3. The summed E-state index contributed by atoms with van der Waals surface area (Å²) in [7, 11) is 2.03. The van der Waals surface area contributed by atoms with E-state index < -0.39 is 0 Å². The summed E-state index contributed by atoms with van der Waals surface area (Å²) in [5, 5.41) is 0. The fraction of sp³-hybridized carbons (Fsp3) is 0.857. The van der Waals surface area contributed by atoms with E-state index in [0.717, 1.165) is 6.54 Å². The van der Waals surface area contributed by atoms with Crippen molar-refractivity contribution in [2.75, 3.05) is 13.6 Å².